The summed E-state index contributed by atoms with van der Waals surface area (Å²) in [5.41, 5.74) is 0.856. The second-order valence-electron chi connectivity index (χ2n) is 8.64. The molecule has 2 aromatic carbocycles. The largest absolute Gasteiger partial charge is 0.480 e. The van der Waals surface area contributed by atoms with Crippen LogP contribution >= 0.6 is 0 Å². The lowest BCUT2D eigenvalue weighted by Gasteiger charge is -2.53. The van der Waals surface area contributed by atoms with E-state index in [9.17, 15) is 13.6 Å². The molecule has 5 rings (SSSR count). The summed E-state index contributed by atoms with van der Waals surface area (Å²) in [5, 5.41) is 8.70. The van der Waals surface area contributed by atoms with Gasteiger partial charge in [0.05, 0.1) is 12.2 Å². The monoisotopic (exact) mass is 432 g/mol. The molecule has 3 fully saturated rings. The molecule has 2 saturated heterocycles. The number of hydrogen-bond acceptors (Lipinski definition) is 4. The molecule has 166 valence electrons. The molecule has 0 radical (unpaired) electrons. The maximum atomic E-state index is 14.4. The molecular weight excluding hydrogens is 406 g/mol. The van der Waals surface area contributed by atoms with E-state index in [0.29, 0.717) is 18.8 Å². The zero-order valence-corrected chi connectivity index (χ0v) is 17.5. The predicted octanol–water partition coefficient (Wildman–Crippen LogP) is 5.34. The van der Waals surface area contributed by atoms with Gasteiger partial charge in [-0.15, -0.1) is 0 Å². The van der Waals surface area contributed by atoms with Gasteiger partial charge >= 0.3 is 5.97 Å². The zero-order valence-electron chi connectivity index (χ0n) is 17.5. The van der Waals surface area contributed by atoms with Gasteiger partial charge in [0.25, 0.3) is 0 Å². The van der Waals surface area contributed by atoms with Gasteiger partial charge in [-0.05, 0) is 73.8 Å². The Morgan fingerprint density at radius 3 is 2.52 bits per heavy atom. The van der Waals surface area contributed by atoms with Crippen LogP contribution in [-0.2, 0) is 19.9 Å². The van der Waals surface area contributed by atoms with Gasteiger partial charge in [0, 0.05) is 12.7 Å². The van der Waals surface area contributed by atoms with Gasteiger partial charge in [-0.25, -0.2) is 13.6 Å². The second kappa shape index (κ2) is 8.55. The highest BCUT2D eigenvalue weighted by Crippen LogP contribution is 2.55. The molecule has 0 atom stereocenters. The first-order valence-electron chi connectivity index (χ1n) is 10.5. The fourth-order valence-corrected chi connectivity index (χ4v) is 4.54. The van der Waals surface area contributed by atoms with Crippen molar-refractivity contribution in [1.82, 2.24) is 0 Å². The lowest BCUT2D eigenvalue weighted by Crippen LogP contribution is -2.49. The number of hydrogen-bond donors (Lipinski definition) is 1. The lowest BCUT2D eigenvalue weighted by atomic mass is 9.63. The Kier molecular flexibility index (Phi) is 5.99. The molecule has 0 unspecified atom stereocenters. The van der Waals surface area contributed by atoms with Crippen LogP contribution < -0.4 is 4.74 Å². The van der Waals surface area contributed by atoms with E-state index in [-0.39, 0.29) is 23.5 Å². The second-order valence-corrected chi connectivity index (χ2v) is 8.64. The van der Waals surface area contributed by atoms with Gasteiger partial charge in [-0.3, -0.25) is 0 Å². The molecule has 2 bridgehead atoms. The van der Waals surface area contributed by atoms with Crippen molar-refractivity contribution in [3.8, 4) is 11.5 Å². The molecule has 0 spiro atoms. The normalized spacial score (nSPS) is 24.9. The Morgan fingerprint density at radius 2 is 1.87 bits per heavy atom. The smallest absolute Gasteiger partial charge is 0.329 e. The number of halogens is 2. The zero-order chi connectivity index (χ0) is 22.1. The van der Waals surface area contributed by atoms with E-state index in [1.54, 1.807) is 31.2 Å². The van der Waals surface area contributed by atoms with E-state index in [2.05, 4.69) is 0 Å². The van der Waals surface area contributed by atoms with Crippen LogP contribution in [0.1, 0.15) is 43.2 Å². The number of fused-ring (bicyclic) bond motifs is 3. The Hall–Kier alpha value is -2.51. The van der Waals surface area contributed by atoms with Crippen molar-refractivity contribution < 1.29 is 32.9 Å². The molecule has 31 heavy (non-hydrogen) atoms. The number of carboxylic acids is 1. The van der Waals surface area contributed by atoms with E-state index >= 15 is 0 Å². The number of carbonyl (C=O) groups is 1. The highest BCUT2D eigenvalue weighted by molar-refractivity contribution is 5.67. The Labute approximate surface area is 179 Å². The summed E-state index contributed by atoms with van der Waals surface area (Å²) < 4.78 is 45.4. The average Bonchev–Trinajstić information content (AvgIpc) is 2.76. The molecule has 5 nitrogen and oxygen atoms in total. The SMILES string of the molecule is Cc1ccc(Oc2cc(C34CCC(CCOCC(=O)O)(CC3)CO4)ccc2F)cc1F. The third-order valence-corrected chi connectivity index (χ3v) is 6.60. The minimum atomic E-state index is -0.970. The summed E-state index contributed by atoms with van der Waals surface area (Å²) in [4.78, 5) is 10.6. The lowest BCUT2D eigenvalue weighted by molar-refractivity contribution is -0.194. The van der Waals surface area contributed by atoms with Gasteiger partial charge in [0.2, 0.25) is 0 Å². The van der Waals surface area contributed by atoms with Crippen LogP contribution in [0.3, 0.4) is 0 Å². The van der Waals surface area contributed by atoms with Crippen LogP contribution in [0.25, 0.3) is 0 Å². The Balaban J connectivity index is 1.45. The van der Waals surface area contributed by atoms with E-state index in [4.69, 9.17) is 19.3 Å². The average molecular weight is 432 g/mol. The summed E-state index contributed by atoms with van der Waals surface area (Å²) >= 11 is 0. The van der Waals surface area contributed by atoms with Crippen molar-refractivity contribution in [2.24, 2.45) is 5.41 Å². The maximum absolute atomic E-state index is 14.4. The minimum Gasteiger partial charge on any atom is -0.480 e. The molecule has 2 heterocycles. The number of aryl methyl sites for hydroxylation is 1. The van der Waals surface area contributed by atoms with Crippen molar-refractivity contribution in [3.05, 3.63) is 59.2 Å². The first-order chi connectivity index (χ1) is 14.8. The quantitative estimate of drug-likeness (QED) is 0.570. The summed E-state index contributed by atoms with van der Waals surface area (Å²) in [7, 11) is 0. The minimum absolute atomic E-state index is 0.000953. The Morgan fingerprint density at radius 1 is 1.10 bits per heavy atom. The standard InChI is InChI=1S/C24H26F2O5/c1-16-2-4-18(13-20(16)26)31-21-12-17(3-5-19(21)25)24-8-6-23(7-9-24,15-30-24)10-11-29-14-22(27)28/h2-5,12-13H,6-11,14-15H2,1H3,(H,27,28). The molecule has 1 N–H and O–H groups in total. The molecule has 1 saturated carbocycles. The summed E-state index contributed by atoms with van der Waals surface area (Å²) in [6, 6.07) is 9.20. The molecular formula is C24H26F2O5. The van der Waals surface area contributed by atoms with Crippen LogP contribution in [0.4, 0.5) is 8.78 Å². The topological polar surface area (TPSA) is 65.0 Å². The first-order valence-corrected chi connectivity index (χ1v) is 10.5. The van der Waals surface area contributed by atoms with Crippen LogP contribution in [0.2, 0.25) is 0 Å². The van der Waals surface area contributed by atoms with Crippen LogP contribution in [0, 0.1) is 24.0 Å². The van der Waals surface area contributed by atoms with E-state index < -0.39 is 23.2 Å². The summed E-state index contributed by atoms with van der Waals surface area (Å²) in [5.74, 6) is -1.60. The third kappa shape index (κ3) is 4.57. The van der Waals surface area contributed by atoms with Gasteiger partial charge in [0.15, 0.2) is 11.6 Å². The van der Waals surface area contributed by atoms with Crippen molar-refractivity contribution in [2.45, 2.75) is 44.6 Å². The first kappa shape index (κ1) is 21.7. The molecule has 0 aromatic heterocycles. The van der Waals surface area contributed by atoms with Crippen molar-refractivity contribution in [3.63, 3.8) is 0 Å². The van der Waals surface area contributed by atoms with E-state index in [1.165, 1.54) is 12.1 Å². The van der Waals surface area contributed by atoms with Crippen LogP contribution in [-0.4, -0.2) is 30.9 Å². The highest BCUT2D eigenvalue weighted by Gasteiger charge is 2.50. The fourth-order valence-electron chi connectivity index (χ4n) is 4.54. The highest BCUT2D eigenvalue weighted by atomic mass is 19.1. The number of benzene rings is 2. The summed E-state index contributed by atoms with van der Waals surface area (Å²) in [6.07, 6.45) is 4.19. The van der Waals surface area contributed by atoms with Crippen LogP contribution in [0.15, 0.2) is 36.4 Å². The van der Waals surface area contributed by atoms with Crippen LogP contribution in [0.5, 0.6) is 11.5 Å². The molecule has 1 aliphatic carbocycles. The number of carboxylic acid groups (broad SMARTS) is 1. The van der Waals surface area contributed by atoms with Gasteiger partial charge in [-0.2, -0.15) is 0 Å². The van der Waals surface area contributed by atoms with E-state index in [1.807, 2.05) is 0 Å². The summed E-state index contributed by atoms with van der Waals surface area (Å²) in [6.45, 7) is 2.32. The number of aliphatic carboxylic acids is 1. The van der Waals surface area contributed by atoms with Gasteiger partial charge < -0.3 is 19.3 Å². The van der Waals surface area contributed by atoms with Gasteiger partial charge in [-0.1, -0.05) is 12.1 Å². The van der Waals surface area contributed by atoms with Crippen molar-refractivity contribution in [2.75, 3.05) is 19.8 Å². The molecule has 7 heteroatoms. The number of rotatable bonds is 8. The predicted molar refractivity (Wildman–Crippen MR) is 109 cm³/mol. The van der Waals surface area contributed by atoms with E-state index in [0.717, 1.165) is 37.7 Å². The third-order valence-electron chi connectivity index (χ3n) is 6.60. The van der Waals surface area contributed by atoms with Crippen molar-refractivity contribution in [1.29, 1.82) is 0 Å². The Bertz CT molecular complexity index is 950. The molecule has 3 aliphatic rings. The number of ether oxygens (including phenoxy) is 3. The fraction of sp³-hybridized carbons (Fsp3) is 0.458. The van der Waals surface area contributed by atoms with Gasteiger partial charge in [0.1, 0.15) is 18.2 Å². The molecule has 2 aliphatic heterocycles. The molecule has 0 amide bonds. The van der Waals surface area contributed by atoms with Crippen molar-refractivity contribution >= 4 is 5.97 Å². The maximum Gasteiger partial charge on any atom is 0.329 e. The molecule has 2 aromatic rings.